The van der Waals surface area contributed by atoms with Gasteiger partial charge in [-0.25, -0.2) is 4.98 Å². The Bertz CT molecular complexity index is 597. The Morgan fingerprint density at radius 2 is 2.20 bits per heavy atom. The zero-order valence-corrected chi connectivity index (χ0v) is 11.9. The van der Waals surface area contributed by atoms with Crippen molar-refractivity contribution in [2.75, 3.05) is 25.1 Å². The van der Waals surface area contributed by atoms with Gasteiger partial charge in [-0.3, -0.25) is 0 Å². The van der Waals surface area contributed by atoms with Crippen LogP contribution in [-0.4, -0.2) is 35.8 Å². The fraction of sp³-hybridized carbons (Fsp3) is 0.438. The van der Waals surface area contributed by atoms with Gasteiger partial charge in [0.15, 0.2) is 0 Å². The molecule has 1 saturated heterocycles. The number of pyridine rings is 1. The number of aromatic nitrogens is 2. The second-order valence-corrected chi connectivity index (χ2v) is 5.45. The van der Waals surface area contributed by atoms with Crippen molar-refractivity contribution < 1.29 is 4.74 Å². The van der Waals surface area contributed by atoms with E-state index in [-0.39, 0.29) is 5.60 Å². The minimum atomic E-state index is -0.0330. The number of hydrogen-bond acceptors (Lipinski definition) is 3. The molecule has 4 heteroatoms. The maximum atomic E-state index is 5.74. The van der Waals surface area contributed by atoms with E-state index in [0.29, 0.717) is 0 Å². The van der Waals surface area contributed by atoms with E-state index in [1.807, 2.05) is 25.4 Å². The molecule has 0 spiro atoms. The molecular weight excluding hydrogens is 250 g/mol. The molecule has 0 aromatic carbocycles. The summed E-state index contributed by atoms with van der Waals surface area (Å²) in [5.41, 5.74) is 0.923. The number of anilines is 1. The van der Waals surface area contributed by atoms with Crippen LogP contribution in [0.3, 0.4) is 0 Å². The maximum absolute atomic E-state index is 5.74. The highest BCUT2D eigenvalue weighted by atomic mass is 16.5. The third-order valence-electron chi connectivity index (χ3n) is 4.34. The number of rotatable bonds is 4. The molecule has 0 atom stereocenters. The standard InChI is InChI=1S/C16H21N3O/c1-3-7-16(20-2)8-11-19(12-9-16)14-5-4-13-6-10-17-15(13)18-14/h3-6,10H,1,7-9,11-12H2,2H3,(H,17,18). The summed E-state index contributed by atoms with van der Waals surface area (Å²) in [5.74, 6) is 1.04. The molecule has 1 N–H and O–H groups in total. The minimum Gasteiger partial charge on any atom is -0.378 e. The SMILES string of the molecule is C=CCC1(OC)CCN(c2ccc3cc[nH]c3n2)CC1. The average Bonchev–Trinajstić information content (AvgIpc) is 2.95. The predicted molar refractivity (Wildman–Crippen MR) is 82.1 cm³/mol. The molecule has 0 saturated carbocycles. The lowest BCUT2D eigenvalue weighted by Gasteiger charge is -2.40. The van der Waals surface area contributed by atoms with E-state index in [9.17, 15) is 0 Å². The highest BCUT2D eigenvalue weighted by Gasteiger charge is 2.33. The van der Waals surface area contributed by atoms with Crippen molar-refractivity contribution >= 4 is 16.9 Å². The maximum Gasteiger partial charge on any atom is 0.139 e. The van der Waals surface area contributed by atoms with Crippen molar-refractivity contribution in [3.05, 3.63) is 37.1 Å². The molecule has 2 aromatic heterocycles. The summed E-state index contributed by atoms with van der Waals surface area (Å²) in [6.45, 7) is 5.79. The largest absolute Gasteiger partial charge is 0.378 e. The second-order valence-electron chi connectivity index (χ2n) is 5.45. The number of methoxy groups -OCH3 is 1. The molecule has 3 rings (SSSR count). The summed E-state index contributed by atoms with van der Waals surface area (Å²) < 4.78 is 5.74. The minimum absolute atomic E-state index is 0.0330. The van der Waals surface area contributed by atoms with E-state index in [1.165, 1.54) is 0 Å². The monoisotopic (exact) mass is 271 g/mol. The molecule has 2 aromatic rings. The van der Waals surface area contributed by atoms with Crippen molar-refractivity contribution in [1.82, 2.24) is 9.97 Å². The van der Waals surface area contributed by atoms with Crippen LogP contribution in [0, 0.1) is 0 Å². The van der Waals surface area contributed by atoms with E-state index in [4.69, 9.17) is 4.74 Å². The normalized spacial score (nSPS) is 18.4. The summed E-state index contributed by atoms with van der Waals surface area (Å²) in [6, 6.07) is 6.27. The first-order valence-electron chi connectivity index (χ1n) is 7.11. The highest BCUT2D eigenvalue weighted by Crippen LogP contribution is 2.31. The van der Waals surface area contributed by atoms with Gasteiger partial charge in [0.1, 0.15) is 11.5 Å². The Morgan fingerprint density at radius 1 is 1.40 bits per heavy atom. The van der Waals surface area contributed by atoms with E-state index in [1.54, 1.807) is 0 Å². The van der Waals surface area contributed by atoms with Crippen molar-refractivity contribution in [3.8, 4) is 0 Å². The molecule has 0 amide bonds. The van der Waals surface area contributed by atoms with Crippen LogP contribution in [0.4, 0.5) is 5.82 Å². The third-order valence-corrected chi connectivity index (χ3v) is 4.34. The summed E-state index contributed by atoms with van der Waals surface area (Å²) in [4.78, 5) is 10.2. The van der Waals surface area contributed by atoms with Crippen LogP contribution in [0.5, 0.6) is 0 Å². The summed E-state index contributed by atoms with van der Waals surface area (Å²) in [6.07, 6.45) is 6.83. The van der Waals surface area contributed by atoms with Gasteiger partial charge in [0, 0.05) is 31.8 Å². The highest BCUT2D eigenvalue weighted by molar-refractivity contribution is 5.77. The van der Waals surface area contributed by atoms with Crippen molar-refractivity contribution in [2.24, 2.45) is 0 Å². The zero-order valence-electron chi connectivity index (χ0n) is 11.9. The predicted octanol–water partition coefficient (Wildman–Crippen LogP) is 3.12. The number of fused-ring (bicyclic) bond motifs is 1. The van der Waals surface area contributed by atoms with E-state index in [2.05, 4.69) is 33.6 Å². The van der Waals surface area contributed by atoms with Gasteiger partial charge in [0.2, 0.25) is 0 Å². The number of nitrogens with one attached hydrogen (secondary N) is 1. The van der Waals surface area contributed by atoms with E-state index >= 15 is 0 Å². The number of hydrogen-bond donors (Lipinski definition) is 1. The zero-order chi connectivity index (χ0) is 14.0. The van der Waals surface area contributed by atoms with Crippen LogP contribution < -0.4 is 4.90 Å². The quantitative estimate of drug-likeness (QED) is 0.869. The van der Waals surface area contributed by atoms with Crippen molar-refractivity contribution in [2.45, 2.75) is 24.9 Å². The molecule has 0 radical (unpaired) electrons. The molecule has 3 heterocycles. The summed E-state index contributed by atoms with van der Waals surface area (Å²) >= 11 is 0. The summed E-state index contributed by atoms with van der Waals surface area (Å²) in [7, 11) is 1.81. The molecule has 0 bridgehead atoms. The molecule has 1 fully saturated rings. The van der Waals surface area contributed by atoms with Crippen LogP contribution in [0.1, 0.15) is 19.3 Å². The van der Waals surface area contributed by atoms with Crippen LogP contribution >= 0.6 is 0 Å². The fourth-order valence-electron chi connectivity index (χ4n) is 2.99. The Hall–Kier alpha value is -1.81. The van der Waals surface area contributed by atoms with Crippen LogP contribution in [-0.2, 0) is 4.74 Å². The second kappa shape index (κ2) is 5.29. The van der Waals surface area contributed by atoms with Gasteiger partial charge in [0.05, 0.1) is 5.60 Å². The molecule has 20 heavy (non-hydrogen) atoms. The van der Waals surface area contributed by atoms with Gasteiger partial charge in [0.25, 0.3) is 0 Å². The van der Waals surface area contributed by atoms with Crippen LogP contribution in [0.2, 0.25) is 0 Å². The van der Waals surface area contributed by atoms with Crippen molar-refractivity contribution in [1.29, 1.82) is 0 Å². The Morgan fingerprint density at radius 3 is 2.90 bits per heavy atom. The van der Waals surface area contributed by atoms with Gasteiger partial charge < -0.3 is 14.6 Å². The molecule has 1 aliphatic heterocycles. The lowest BCUT2D eigenvalue weighted by atomic mass is 9.88. The number of ether oxygens (including phenoxy) is 1. The number of piperidine rings is 1. The number of H-pyrrole nitrogens is 1. The number of aromatic amines is 1. The van der Waals surface area contributed by atoms with Crippen molar-refractivity contribution in [3.63, 3.8) is 0 Å². The molecular formula is C16H21N3O. The topological polar surface area (TPSA) is 41.1 Å². The van der Waals surface area contributed by atoms with Crippen LogP contribution in [0.25, 0.3) is 11.0 Å². The first-order valence-corrected chi connectivity index (χ1v) is 7.11. The fourth-order valence-corrected chi connectivity index (χ4v) is 2.99. The lowest BCUT2D eigenvalue weighted by Crippen LogP contribution is -2.45. The molecule has 1 aliphatic rings. The van der Waals surface area contributed by atoms with Gasteiger partial charge >= 0.3 is 0 Å². The molecule has 0 aliphatic carbocycles. The van der Waals surface area contributed by atoms with Gasteiger partial charge in [-0.1, -0.05) is 6.08 Å². The average molecular weight is 271 g/mol. The number of nitrogens with zero attached hydrogens (tertiary/aromatic N) is 2. The third kappa shape index (κ3) is 2.31. The van der Waals surface area contributed by atoms with Gasteiger partial charge in [-0.15, -0.1) is 6.58 Å². The molecule has 0 unspecified atom stereocenters. The molecule has 4 nitrogen and oxygen atoms in total. The van der Waals surface area contributed by atoms with Gasteiger partial charge in [-0.05, 0) is 37.5 Å². The Balaban J connectivity index is 1.75. The lowest BCUT2D eigenvalue weighted by molar-refractivity contribution is -0.0268. The Labute approximate surface area is 119 Å². The Kier molecular flexibility index (Phi) is 3.49. The smallest absolute Gasteiger partial charge is 0.139 e. The van der Waals surface area contributed by atoms with Gasteiger partial charge in [-0.2, -0.15) is 0 Å². The van der Waals surface area contributed by atoms with Crippen LogP contribution in [0.15, 0.2) is 37.1 Å². The summed E-state index contributed by atoms with van der Waals surface area (Å²) in [5, 5.41) is 1.16. The molecule has 106 valence electrons. The van der Waals surface area contributed by atoms with E-state index in [0.717, 1.165) is 49.2 Å². The van der Waals surface area contributed by atoms with E-state index < -0.39 is 0 Å². The first-order chi connectivity index (χ1) is 9.76. The first kappa shape index (κ1) is 13.2.